The Hall–Kier alpha value is -4.01. The number of urea groups is 1. The zero-order valence-electron chi connectivity index (χ0n) is 20.6. The van der Waals surface area contributed by atoms with E-state index in [1.807, 2.05) is 31.2 Å². The van der Waals surface area contributed by atoms with E-state index in [9.17, 15) is 14.4 Å². The summed E-state index contributed by atoms with van der Waals surface area (Å²) in [6, 6.07) is 16.1. The first-order valence-corrected chi connectivity index (χ1v) is 12.4. The molecule has 196 valence electrons. The van der Waals surface area contributed by atoms with Crippen LogP contribution in [0.3, 0.4) is 0 Å². The van der Waals surface area contributed by atoms with Crippen LogP contribution in [0.1, 0.15) is 17.5 Å². The molecule has 1 fully saturated rings. The Bertz CT molecular complexity index is 1390. The number of hydrogen-bond acceptors (Lipinski definition) is 6. The van der Waals surface area contributed by atoms with Crippen LogP contribution in [-0.2, 0) is 9.59 Å². The average Bonchev–Trinajstić information content (AvgIpc) is 2.89. The number of anilines is 1. The number of hydrogen-bond donors (Lipinski definition) is 1. The van der Waals surface area contributed by atoms with Gasteiger partial charge in [0.25, 0.3) is 11.8 Å². The number of carbonyl (C=O) groups excluding carboxylic acids is 3. The summed E-state index contributed by atoms with van der Waals surface area (Å²) in [6.45, 7) is 2.78. The summed E-state index contributed by atoms with van der Waals surface area (Å²) < 4.78 is 17.0. The number of nitrogens with one attached hydrogen (secondary N) is 1. The summed E-state index contributed by atoms with van der Waals surface area (Å²) in [5, 5.41) is 2.84. The third-order valence-electron chi connectivity index (χ3n) is 5.57. The van der Waals surface area contributed by atoms with Crippen molar-refractivity contribution in [1.29, 1.82) is 0 Å². The normalized spacial score (nSPS) is 14.5. The molecule has 1 N–H and O–H groups in total. The molecule has 4 rings (SSSR count). The van der Waals surface area contributed by atoms with Crippen molar-refractivity contribution in [1.82, 2.24) is 5.32 Å². The molecule has 3 aromatic carbocycles. The zero-order valence-corrected chi connectivity index (χ0v) is 22.1. The molecule has 38 heavy (non-hydrogen) atoms. The van der Waals surface area contributed by atoms with Gasteiger partial charge < -0.3 is 14.2 Å². The minimum atomic E-state index is -0.856. The molecule has 8 nitrogen and oxygen atoms in total. The maximum atomic E-state index is 13.1. The summed E-state index contributed by atoms with van der Waals surface area (Å²) in [5.74, 6) is -0.192. The Balaban J connectivity index is 1.47. The van der Waals surface area contributed by atoms with Gasteiger partial charge in [-0.3, -0.25) is 14.9 Å². The van der Waals surface area contributed by atoms with Crippen LogP contribution >= 0.6 is 23.2 Å². The van der Waals surface area contributed by atoms with Gasteiger partial charge in [-0.2, -0.15) is 0 Å². The molecular formula is C28H24Cl2N2O6. The summed E-state index contributed by atoms with van der Waals surface area (Å²) >= 11 is 12.4. The Morgan fingerprint density at radius 3 is 2.29 bits per heavy atom. The van der Waals surface area contributed by atoms with Crippen molar-refractivity contribution in [2.45, 2.75) is 13.3 Å². The van der Waals surface area contributed by atoms with Gasteiger partial charge in [0.05, 0.1) is 31.0 Å². The van der Waals surface area contributed by atoms with Crippen LogP contribution in [0.15, 0.2) is 66.2 Å². The molecule has 3 aromatic rings. The van der Waals surface area contributed by atoms with Crippen LogP contribution in [0.5, 0.6) is 17.2 Å². The molecule has 0 aromatic heterocycles. The highest BCUT2D eigenvalue weighted by Gasteiger charge is 2.36. The molecule has 1 heterocycles. The minimum absolute atomic E-state index is 0.227. The molecule has 0 aliphatic carbocycles. The fourth-order valence-electron chi connectivity index (χ4n) is 3.67. The van der Waals surface area contributed by atoms with Crippen molar-refractivity contribution in [3.05, 3.63) is 87.4 Å². The van der Waals surface area contributed by atoms with E-state index in [-0.39, 0.29) is 16.3 Å². The number of halogens is 2. The molecule has 0 spiro atoms. The molecule has 0 saturated carbocycles. The Morgan fingerprint density at radius 1 is 0.921 bits per heavy atom. The minimum Gasteiger partial charge on any atom is -0.493 e. The highest BCUT2D eigenvalue weighted by molar-refractivity contribution is 6.39. The fourth-order valence-corrected chi connectivity index (χ4v) is 4.07. The van der Waals surface area contributed by atoms with Crippen molar-refractivity contribution in [2.75, 3.05) is 25.2 Å². The number of benzene rings is 3. The average molecular weight is 555 g/mol. The van der Waals surface area contributed by atoms with Gasteiger partial charge in [-0.25, -0.2) is 9.69 Å². The number of rotatable bonds is 9. The second-order valence-corrected chi connectivity index (χ2v) is 9.18. The van der Waals surface area contributed by atoms with Crippen molar-refractivity contribution in [3.63, 3.8) is 0 Å². The predicted molar refractivity (Wildman–Crippen MR) is 145 cm³/mol. The van der Waals surface area contributed by atoms with E-state index in [0.29, 0.717) is 41.7 Å². The van der Waals surface area contributed by atoms with Crippen LogP contribution in [0.2, 0.25) is 10.0 Å². The van der Waals surface area contributed by atoms with Crippen LogP contribution in [-0.4, -0.2) is 38.2 Å². The fraction of sp³-hybridized carbons (Fsp3) is 0.179. The molecule has 0 atom stereocenters. The molecule has 1 aliphatic rings. The van der Waals surface area contributed by atoms with Gasteiger partial charge in [-0.1, -0.05) is 40.9 Å². The third kappa shape index (κ3) is 6.27. The highest BCUT2D eigenvalue weighted by atomic mass is 35.5. The van der Waals surface area contributed by atoms with E-state index >= 15 is 0 Å². The Labute approximate surface area is 229 Å². The number of amides is 4. The van der Waals surface area contributed by atoms with Gasteiger partial charge in [-0.15, -0.1) is 0 Å². The maximum absolute atomic E-state index is 13.1. The number of methoxy groups -OCH3 is 1. The summed E-state index contributed by atoms with van der Waals surface area (Å²) in [7, 11) is 1.45. The van der Waals surface area contributed by atoms with E-state index in [4.69, 9.17) is 37.4 Å². The molecule has 1 aliphatic heterocycles. The monoisotopic (exact) mass is 554 g/mol. The summed E-state index contributed by atoms with van der Waals surface area (Å²) in [5.41, 5.74) is 1.58. The lowest BCUT2D eigenvalue weighted by Gasteiger charge is -2.26. The lowest BCUT2D eigenvalue weighted by Crippen LogP contribution is -2.54. The Morgan fingerprint density at radius 2 is 1.61 bits per heavy atom. The van der Waals surface area contributed by atoms with Crippen LogP contribution in [0.25, 0.3) is 6.08 Å². The number of barbiturate groups is 1. The largest absolute Gasteiger partial charge is 0.493 e. The second-order valence-electron chi connectivity index (χ2n) is 8.33. The van der Waals surface area contributed by atoms with Crippen molar-refractivity contribution < 1.29 is 28.6 Å². The number of aryl methyl sites for hydroxylation is 1. The predicted octanol–water partition coefficient (Wildman–Crippen LogP) is 5.82. The van der Waals surface area contributed by atoms with Crippen LogP contribution in [0.4, 0.5) is 10.5 Å². The maximum Gasteiger partial charge on any atom is 0.335 e. The van der Waals surface area contributed by atoms with Gasteiger partial charge in [0.2, 0.25) is 0 Å². The van der Waals surface area contributed by atoms with Crippen molar-refractivity contribution in [3.8, 4) is 17.2 Å². The van der Waals surface area contributed by atoms with Crippen molar-refractivity contribution >= 4 is 52.8 Å². The first kappa shape index (κ1) is 27.0. The highest BCUT2D eigenvalue weighted by Crippen LogP contribution is 2.37. The first-order valence-electron chi connectivity index (χ1n) is 11.6. The van der Waals surface area contributed by atoms with E-state index in [2.05, 4.69) is 5.32 Å². The van der Waals surface area contributed by atoms with Crippen molar-refractivity contribution in [2.24, 2.45) is 0 Å². The lowest BCUT2D eigenvalue weighted by atomic mass is 10.1. The smallest absolute Gasteiger partial charge is 0.335 e. The molecule has 0 unspecified atom stereocenters. The molecule has 10 heteroatoms. The summed E-state index contributed by atoms with van der Waals surface area (Å²) in [6.07, 6.45) is 1.93. The second kappa shape index (κ2) is 12.0. The molecule has 0 bridgehead atoms. The van der Waals surface area contributed by atoms with Crippen LogP contribution in [0, 0.1) is 6.92 Å². The summed E-state index contributed by atoms with van der Waals surface area (Å²) in [4.78, 5) is 38.9. The molecular weight excluding hydrogens is 531 g/mol. The zero-order chi connectivity index (χ0) is 27.2. The molecule has 4 amide bonds. The van der Waals surface area contributed by atoms with Gasteiger partial charge in [-0.05, 0) is 67.1 Å². The number of ether oxygens (including phenoxy) is 3. The van der Waals surface area contributed by atoms with E-state index < -0.39 is 17.8 Å². The quantitative estimate of drug-likeness (QED) is 0.203. The number of nitrogens with zero attached hydrogens (tertiary/aromatic N) is 1. The first-order chi connectivity index (χ1) is 18.3. The van der Waals surface area contributed by atoms with E-state index in [1.165, 1.54) is 37.5 Å². The van der Waals surface area contributed by atoms with Gasteiger partial charge >= 0.3 is 6.03 Å². The topological polar surface area (TPSA) is 94.2 Å². The van der Waals surface area contributed by atoms with Gasteiger partial charge in [0, 0.05) is 11.4 Å². The Kier molecular flexibility index (Phi) is 8.55. The number of carbonyl (C=O) groups is 3. The van der Waals surface area contributed by atoms with Crippen LogP contribution < -0.4 is 24.4 Å². The molecule has 0 radical (unpaired) electrons. The SMILES string of the molecule is COc1cc(C=C2C(=O)NC(=O)N(c3ccc(Cl)cc3)C2=O)cc(Cl)c1OCCCOc1ccc(C)cc1. The standard InChI is InChI=1S/C28H24Cl2N2O6/c1-17-4-10-21(11-5-17)37-12-3-13-38-25-23(30)15-18(16-24(25)36-2)14-22-26(33)31-28(35)32(27(22)34)20-8-6-19(29)7-9-20/h4-11,14-16H,3,12-13H2,1-2H3,(H,31,33,35). The van der Waals surface area contributed by atoms with Gasteiger partial charge in [0.1, 0.15) is 11.3 Å². The van der Waals surface area contributed by atoms with E-state index in [0.717, 1.165) is 16.2 Å². The number of imide groups is 2. The lowest BCUT2D eigenvalue weighted by molar-refractivity contribution is -0.122. The van der Waals surface area contributed by atoms with E-state index in [1.54, 1.807) is 12.1 Å². The third-order valence-corrected chi connectivity index (χ3v) is 6.11. The van der Waals surface area contributed by atoms with Gasteiger partial charge in [0.15, 0.2) is 11.5 Å². The molecule has 1 saturated heterocycles.